The van der Waals surface area contributed by atoms with Crippen molar-refractivity contribution in [2.75, 3.05) is 12.3 Å². The largest absolute Gasteiger partial charge is 0.416 e. The van der Waals surface area contributed by atoms with E-state index in [0.717, 1.165) is 28.2 Å². The molecular weight excluding hydrogens is 406 g/mol. The number of rotatable bonds is 8. The molecule has 0 aliphatic rings. The lowest BCUT2D eigenvalue weighted by Crippen LogP contribution is -2.25. The Balaban J connectivity index is 1.30. The summed E-state index contributed by atoms with van der Waals surface area (Å²) >= 11 is 1.80. The van der Waals surface area contributed by atoms with E-state index >= 15 is 0 Å². The van der Waals surface area contributed by atoms with Crippen LogP contribution in [0.25, 0.3) is 22.9 Å². The van der Waals surface area contributed by atoms with Gasteiger partial charge in [0.1, 0.15) is 0 Å². The van der Waals surface area contributed by atoms with Gasteiger partial charge in [-0.3, -0.25) is 4.79 Å². The third kappa shape index (κ3) is 5.41. The van der Waals surface area contributed by atoms with E-state index in [4.69, 9.17) is 4.42 Å². The molecule has 4 aromatic rings. The number of amides is 1. The van der Waals surface area contributed by atoms with Crippen molar-refractivity contribution in [1.29, 1.82) is 0 Å². The SMILES string of the molecule is Cc1ccccc1-c1nnc(-c2ccc(C(=O)NCCSCc3ccccc3)cc2)o1. The van der Waals surface area contributed by atoms with Gasteiger partial charge in [0.15, 0.2) is 0 Å². The van der Waals surface area contributed by atoms with Gasteiger partial charge in [-0.2, -0.15) is 11.8 Å². The van der Waals surface area contributed by atoms with E-state index in [-0.39, 0.29) is 5.91 Å². The fraction of sp³-hybridized carbons (Fsp3) is 0.160. The Morgan fingerprint density at radius 2 is 1.61 bits per heavy atom. The maximum absolute atomic E-state index is 12.4. The summed E-state index contributed by atoms with van der Waals surface area (Å²) in [7, 11) is 0. The number of nitrogens with zero attached hydrogens (tertiary/aromatic N) is 2. The fourth-order valence-corrected chi connectivity index (χ4v) is 3.95. The van der Waals surface area contributed by atoms with Crippen LogP contribution in [-0.4, -0.2) is 28.4 Å². The number of carbonyl (C=O) groups is 1. The first-order valence-electron chi connectivity index (χ1n) is 10.1. The van der Waals surface area contributed by atoms with Gasteiger partial charge in [-0.25, -0.2) is 0 Å². The highest BCUT2D eigenvalue weighted by atomic mass is 32.2. The third-order valence-corrected chi connectivity index (χ3v) is 5.87. The van der Waals surface area contributed by atoms with Gasteiger partial charge in [0.2, 0.25) is 11.8 Å². The van der Waals surface area contributed by atoms with Crippen LogP contribution in [0.2, 0.25) is 0 Å². The van der Waals surface area contributed by atoms with Crippen molar-refractivity contribution in [2.45, 2.75) is 12.7 Å². The van der Waals surface area contributed by atoms with Gasteiger partial charge in [-0.05, 0) is 48.4 Å². The third-order valence-electron chi connectivity index (χ3n) is 4.84. The Kier molecular flexibility index (Phi) is 6.79. The minimum Gasteiger partial charge on any atom is -0.416 e. The van der Waals surface area contributed by atoms with Crippen molar-refractivity contribution in [3.63, 3.8) is 0 Å². The molecule has 0 unspecified atom stereocenters. The summed E-state index contributed by atoms with van der Waals surface area (Å²) in [5.41, 5.74) is 4.67. The van der Waals surface area contributed by atoms with E-state index in [0.29, 0.717) is 23.9 Å². The maximum Gasteiger partial charge on any atom is 0.251 e. The molecule has 0 spiro atoms. The van der Waals surface area contributed by atoms with Crippen LogP contribution in [0, 0.1) is 6.92 Å². The Morgan fingerprint density at radius 1 is 0.903 bits per heavy atom. The Morgan fingerprint density at radius 3 is 2.39 bits per heavy atom. The molecule has 3 aromatic carbocycles. The maximum atomic E-state index is 12.4. The summed E-state index contributed by atoms with van der Waals surface area (Å²) in [6.45, 7) is 2.63. The van der Waals surface area contributed by atoms with E-state index in [2.05, 4.69) is 27.6 Å². The number of aromatic nitrogens is 2. The minimum atomic E-state index is -0.0852. The molecule has 0 saturated carbocycles. The number of benzene rings is 3. The molecule has 6 heteroatoms. The van der Waals surface area contributed by atoms with Crippen LogP contribution >= 0.6 is 11.8 Å². The Labute approximate surface area is 185 Å². The second-order valence-corrected chi connectivity index (χ2v) is 8.20. The molecule has 0 atom stereocenters. The summed E-state index contributed by atoms with van der Waals surface area (Å²) in [6.07, 6.45) is 0. The molecule has 0 saturated heterocycles. The van der Waals surface area contributed by atoms with Crippen molar-refractivity contribution < 1.29 is 9.21 Å². The lowest BCUT2D eigenvalue weighted by molar-refractivity contribution is 0.0956. The van der Waals surface area contributed by atoms with Crippen molar-refractivity contribution in [2.24, 2.45) is 0 Å². The normalized spacial score (nSPS) is 10.7. The van der Waals surface area contributed by atoms with Crippen LogP contribution in [0.15, 0.2) is 83.3 Å². The molecule has 1 heterocycles. The first-order valence-corrected chi connectivity index (χ1v) is 11.3. The average Bonchev–Trinajstić information content (AvgIpc) is 3.30. The molecule has 5 nitrogen and oxygen atoms in total. The first kappa shape index (κ1) is 20.9. The fourth-order valence-electron chi connectivity index (χ4n) is 3.13. The van der Waals surface area contributed by atoms with Gasteiger partial charge in [0.25, 0.3) is 5.91 Å². The Bertz CT molecular complexity index is 1140. The molecule has 0 fully saturated rings. The number of carbonyl (C=O) groups excluding carboxylic acids is 1. The highest BCUT2D eigenvalue weighted by Gasteiger charge is 2.13. The predicted octanol–water partition coefficient (Wildman–Crippen LogP) is 5.38. The molecule has 1 amide bonds. The van der Waals surface area contributed by atoms with E-state index in [1.165, 1.54) is 5.56 Å². The van der Waals surface area contributed by atoms with Crippen molar-refractivity contribution >= 4 is 17.7 Å². The second kappa shape index (κ2) is 10.1. The number of thioether (sulfide) groups is 1. The summed E-state index contributed by atoms with van der Waals surface area (Å²) in [5, 5.41) is 11.3. The zero-order valence-corrected chi connectivity index (χ0v) is 18.1. The highest BCUT2D eigenvalue weighted by molar-refractivity contribution is 7.98. The monoisotopic (exact) mass is 429 g/mol. The van der Waals surface area contributed by atoms with Gasteiger partial charge in [-0.15, -0.1) is 10.2 Å². The summed E-state index contributed by atoms with van der Waals surface area (Å²) < 4.78 is 5.84. The van der Waals surface area contributed by atoms with Gasteiger partial charge < -0.3 is 9.73 Å². The first-order chi connectivity index (χ1) is 15.2. The lowest BCUT2D eigenvalue weighted by Gasteiger charge is -2.06. The lowest BCUT2D eigenvalue weighted by atomic mass is 10.1. The van der Waals surface area contributed by atoms with Crippen molar-refractivity contribution in [3.05, 3.63) is 95.6 Å². The van der Waals surface area contributed by atoms with Gasteiger partial charge in [0.05, 0.1) is 0 Å². The standard InChI is InChI=1S/C25H23N3O2S/c1-18-7-5-6-10-22(18)25-28-27-24(30-25)21-13-11-20(12-14-21)23(29)26-15-16-31-17-19-8-3-2-4-9-19/h2-14H,15-17H2,1H3,(H,26,29). The summed E-state index contributed by atoms with van der Waals surface area (Å²) in [4.78, 5) is 12.4. The number of nitrogens with one attached hydrogen (secondary N) is 1. The van der Waals surface area contributed by atoms with Crippen molar-refractivity contribution in [3.8, 4) is 22.9 Å². The molecular formula is C25H23N3O2S. The average molecular weight is 430 g/mol. The minimum absolute atomic E-state index is 0.0852. The van der Waals surface area contributed by atoms with E-state index in [9.17, 15) is 4.79 Å². The quantitative estimate of drug-likeness (QED) is 0.381. The molecule has 4 rings (SSSR count). The summed E-state index contributed by atoms with van der Waals surface area (Å²) in [6, 6.07) is 25.4. The molecule has 0 bridgehead atoms. The zero-order chi connectivity index (χ0) is 21.5. The predicted molar refractivity (Wildman–Crippen MR) is 125 cm³/mol. The molecule has 0 aliphatic carbocycles. The molecule has 1 aromatic heterocycles. The second-order valence-electron chi connectivity index (χ2n) is 7.10. The van der Waals surface area contributed by atoms with Crippen LogP contribution in [-0.2, 0) is 5.75 Å². The molecule has 1 N–H and O–H groups in total. The van der Waals surface area contributed by atoms with Crippen LogP contribution < -0.4 is 5.32 Å². The smallest absolute Gasteiger partial charge is 0.251 e. The Hall–Kier alpha value is -3.38. The number of hydrogen-bond acceptors (Lipinski definition) is 5. The van der Waals surface area contributed by atoms with E-state index in [1.807, 2.05) is 61.5 Å². The summed E-state index contributed by atoms with van der Waals surface area (Å²) in [5.74, 6) is 2.64. The highest BCUT2D eigenvalue weighted by Crippen LogP contribution is 2.26. The van der Waals surface area contributed by atoms with Crippen LogP contribution in [0.4, 0.5) is 0 Å². The van der Waals surface area contributed by atoms with Gasteiger partial charge >= 0.3 is 0 Å². The van der Waals surface area contributed by atoms with E-state index < -0.39 is 0 Å². The van der Waals surface area contributed by atoms with E-state index in [1.54, 1.807) is 23.9 Å². The zero-order valence-electron chi connectivity index (χ0n) is 17.2. The van der Waals surface area contributed by atoms with Gasteiger partial charge in [-0.1, -0.05) is 48.5 Å². The molecule has 0 radical (unpaired) electrons. The topological polar surface area (TPSA) is 68.0 Å². The molecule has 156 valence electrons. The molecule has 0 aliphatic heterocycles. The molecule has 31 heavy (non-hydrogen) atoms. The number of aryl methyl sites for hydroxylation is 1. The van der Waals surface area contributed by atoms with Gasteiger partial charge in [0, 0.05) is 34.7 Å². The van der Waals surface area contributed by atoms with Crippen molar-refractivity contribution in [1.82, 2.24) is 15.5 Å². The van der Waals surface area contributed by atoms with Crippen LogP contribution in [0.3, 0.4) is 0 Å². The van der Waals surface area contributed by atoms with Crippen LogP contribution in [0.5, 0.6) is 0 Å². The number of hydrogen-bond donors (Lipinski definition) is 1. The van der Waals surface area contributed by atoms with Crippen LogP contribution in [0.1, 0.15) is 21.5 Å².